The van der Waals surface area contributed by atoms with Crippen molar-refractivity contribution in [3.63, 3.8) is 0 Å². The van der Waals surface area contributed by atoms with Crippen LogP contribution in [0.2, 0.25) is 0 Å². The number of carbonyl (C=O) groups is 1. The standard InChI is InChI=1S/C16H20F2O2/c1-2-3-4-5-6-11-20-13-16(17,18)10-9-14-7-8-15(19)12-14/h2-6,9-11,14H,7-8,12-13H2,1H3/b3-2-,5-4-,10-9+,11-6+. The third-order valence-electron chi connectivity index (χ3n) is 2.87. The number of ether oxygens (including phenoxy) is 1. The first kappa shape index (κ1) is 16.3. The number of carbonyl (C=O) groups excluding carboxylic acids is 1. The molecule has 0 aromatic carbocycles. The highest BCUT2D eigenvalue weighted by Gasteiger charge is 2.27. The number of alkyl halides is 2. The van der Waals surface area contributed by atoms with Gasteiger partial charge in [-0.1, -0.05) is 30.4 Å². The summed E-state index contributed by atoms with van der Waals surface area (Å²) in [5.41, 5.74) is 0. The number of hydrogen-bond donors (Lipinski definition) is 0. The van der Waals surface area contributed by atoms with Gasteiger partial charge in [-0.05, 0) is 31.4 Å². The van der Waals surface area contributed by atoms with Crippen molar-refractivity contribution in [3.8, 4) is 0 Å². The predicted octanol–water partition coefficient (Wildman–Crippen LogP) is 4.21. The molecule has 0 radical (unpaired) electrons. The van der Waals surface area contributed by atoms with E-state index in [-0.39, 0.29) is 11.7 Å². The number of halogens is 2. The van der Waals surface area contributed by atoms with E-state index < -0.39 is 12.5 Å². The summed E-state index contributed by atoms with van der Waals surface area (Å²) in [6, 6.07) is 0. The van der Waals surface area contributed by atoms with Gasteiger partial charge in [0.25, 0.3) is 5.92 Å². The monoisotopic (exact) mass is 282 g/mol. The van der Waals surface area contributed by atoms with Crippen molar-refractivity contribution in [2.24, 2.45) is 5.92 Å². The molecule has 1 unspecified atom stereocenters. The van der Waals surface area contributed by atoms with Crippen LogP contribution in [0.1, 0.15) is 26.2 Å². The van der Waals surface area contributed by atoms with Crippen molar-refractivity contribution in [2.45, 2.75) is 32.1 Å². The molecule has 20 heavy (non-hydrogen) atoms. The number of rotatable bonds is 7. The predicted molar refractivity (Wildman–Crippen MR) is 75.5 cm³/mol. The van der Waals surface area contributed by atoms with E-state index in [1.807, 2.05) is 19.1 Å². The normalized spacial score (nSPS) is 21.1. The summed E-state index contributed by atoms with van der Waals surface area (Å²) in [7, 11) is 0. The lowest BCUT2D eigenvalue weighted by Crippen LogP contribution is -2.19. The Kier molecular flexibility index (Phi) is 6.91. The second-order valence-corrected chi connectivity index (χ2v) is 4.71. The lowest BCUT2D eigenvalue weighted by Gasteiger charge is -2.11. The average molecular weight is 282 g/mol. The summed E-state index contributed by atoms with van der Waals surface area (Å²) in [6.07, 6.45) is 13.8. The van der Waals surface area contributed by atoms with Crippen molar-refractivity contribution >= 4 is 5.78 Å². The molecule has 1 fully saturated rings. The van der Waals surface area contributed by atoms with Crippen molar-refractivity contribution in [1.82, 2.24) is 0 Å². The average Bonchev–Trinajstić information content (AvgIpc) is 2.81. The lowest BCUT2D eigenvalue weighted by atomic mass is 10.1. The van der Waals surface area contributed by atoms with Crippen LogP contribution < -0.4 is 0 Å². The van der Waals surface area contributed by atoms with Crippen LogP contribution in [0, 0.1) is 5.92 Å². The number of allylic oxidation sites excluding steroid dienone is 6. The van der Waals surface area contributed by atoms with Crippen LogP contribution in [-0.4, -0.2) is 18.3 Å². The van der Waals surface area contributed by atoms with Gasteiger partial charge < -0.3 is 4.74 Å². The van der Waals surface area contributed by atoms with Crippen molar-refractivity contribution < 1.29 is 18.3 Å². The Bertz CT molecular complexity index is 420. The molecule has 0 aromatic rings. The first-order valence-electron chi connectivity index (χ1n) is 6.68. The van der Waals surface area contributed by atoms with Gasteiger partial charge in [0, 0.05) is 12.8 Å². The first-order chi connectivity index (χ1) is 9.53. The van der Waals surface area contributed by atoms with Gasteiger partial charge >= 0.3 is 0 Å². The highest BCUT2D eigenvalue weighted by Crippen LogP contribution is 2.25. The van der Waals surface area contributed by atoms with Crippen molar-refractivity contribution in [2.75, 3.05) is 6.61 Å². The zero-order chi connectivity index (χ0) is 14.8. The maximum Gasteiger partial charge on any atom is 0.299 e. The molecule has 1 aliphatic rings. The van der Waals surface area contributed by atoms with Crippen LogP contribution in [-0.2, 0) is 9.53 Å². The molecule has 1 atom stereocenters. The van der Waals surface area contributed by atoms with Crippen LogP contribution in [0.5, 0.6) is 0 Å². The fraction of sp³-hybridized carbons (Fsp3) is 0.438. The molecule has 0 aliphatic heterocycles. The maximum absolute atomic E-state index is 13.4. The molecule has 1 aliphatic carbocycles. The second kappa shape index (κ2) is 8.46. The topological polar surface area (TPSA) is 26.3 Å². The largest absolute Gasteiger partial charge is 0.495 e. The Balaban J connectivity index is 2.30. The second-order valence-electron chi connectivity index (χ2n) is 4.71. The fourth-order valence-electron chi connectivity index (χ4n) is 1.83. The van der Waals surface area contributed by atoms with Crippen LogP contribution in [0.25, 0.3) is 0 Å². The Hall–Kier alpha value is -1.71. The van der Waals surface area contributed by atoms with Gasteiger partial charge in [0.15, 0.2) is 6.61 Å². The Morgan fingerprint density at radius 2 is 2.05 bits per heavy atom. The van der Waals surface area contributed by atoms with Crippen molar-refractivity contribution in [1.29, 1.82) is 0 Å². The van der Waals surface area contributed by atoms with Gasteiger partial charge in [-0.2, -0.15) is 8.78 Å². The van der Waals surface area contributed by atoms with Gasteiger partial charge in [0.1, 0.15) is 5.78 Å². The van der Waals surface area contributed by atoms with E-state index in [9.17, 15) is 13.6 Å². The van der Waals surface area contributed by atoms with Crippen LogP contribution >= 0.6 is 0 Å². The molecule has 0 saturated heterocycles. The number of hydrogen-bond acceptors (Lipinski definition) is 2. The highest BCUT2D eigenvalue weighted by atomic mass is 19.3. The van der Waals surface area contributed by atoms with Crippen LogP contribution in [0.4, 0.5) is 8.78 Å². The summed E-state index contributed by atoms with van der Waals surface area (Å²) in [4.78, 5) is 11.0. The van der Waals surface area contributed by atoms with Crippen LogP contribution in [0.3, 0.4) is 0 Å². The molecule has 1 rings (SSSR count). The third-order valence-corrected chi connectivity index (χ3v) is 2.87. The highest BCUT2D eigenvalue weighted by molar-refractivity contribution is 5.80. The molecule has 1 saturated carbocycles. The molecule has 0 heterocycles. The SMILES string of the molecule is C\C=C/C=C\C=C\OCC(F)(F)/C=C/C1CCC(=O)C1. The molecule has 2 nitrogen and oxygen atoms in total. The molecule has 0 amide bonds. The molecule has 0 spiro atoms. The molecular formula is C16H20F2O2. The summed E-state index contributed by atoms with van der Waals surface area (Å²) < 4.78 is 31.7. The van der Waals surface area contributed by atoms with E-state index in [1.54, 1.807) is 18.2 Å². The van der Waals surface area contributed by atoms with Gasteiger partial charge in [0.2, 0.25) is 0 Å². The van der Waals surface area contributed by atoms with E-state index in [2.05, 4.69) is 0 Å². The zero-order valence-electron chi connectivity index (χ0n) is 11.6. The van der Waals surface area contributed by atoms with Gasteiger partial charge in [-0.25, -0.2) is 0 Å². The van der Waals surface area contributed by atoms with Crippen molar-refractivity contribution in [3.05, 3.63) is 48.8 Å². The minimum atomic E-state index is -3.01. The molecule has 0 aromatic heterocycles. The summed E-state index contributed by atoms with van der Waals surface area (Å²) in [6.45, 7) is 1.19. The third kappa shape index (κ3) is 7.02. The minimum Gasteiger partial charge on any atom is -0.495 e. The van der Waals surface area contributed by atoms with Gasteiger partial charge in [0.05, 0.1) is 6.26 Å². The lowest BCUT2D eigenvalue weighted by molar-refractivity contribution is -0.117. The van der Waals surface area contributed by atoms with Gasteiger partial charge in [-0.3, -0.25) is 4.79 Å². The number of ketones is 1. The quantitative estimate of drug-likeness (QED) is 0.397. The fourth-order valence-corrected chi connectivity index (χ4v) is 1.83. The van der Waals surface area contributed by atoms with E-state index in [0.29, 0.717) is 19.3 Å². The summed E-state index contributed by atoms with van der Waals surface area (Å²) >= 11 is 0. The number of Topliss-reactive ketones (excluding diaryl/α,β-unsaturated/α-hetero) is 1. The van der Waals surface area contributed by atoms with Crippen LogP contribution in [0.15, 0.2) is 48.8 Å². The van der Waals surface area contributed by atoms with E-state index >= 15 is 0 Å². The molecule has 110 valence electrons. The minimum absolute atomic E-state index is 0.0484. The summed E-state index contributed by atoms with van der Waals surface area (Å²) in [5.74, 6) is -2.91. The Labute approximate surface area is 118 Å². The van der Waals surface area contributed by atoms with E-state index in [4.69, 9.17) is 4.74 Å². The maximum atomic E-state index is 13.4. The smallest absolute Gasteiger partial charge is 0.299 e. The first-order valence-corrected chi connectivity index (χ1v) is 6.68. The molecular weight excluding hydrogens is 262 g/mol. The van der Waals surface area contributed by atoms with E-state index in [0.717, 1.165) is 6.08 Å². The Morgan fingerprint density at radius 1 is 1.30 bits per heavy atom. The molecule has 0 bridgehead atoms. The summed E-state index contributed by atoms with van der Waals surface area (Å²) in [5, 5.41) is 0. The zero-order valence-corrected chi connectivity index (χ0v) is 11.6. The molecule has 4 heteroatoms. The molecule has 0 N–H and O–H groups in total. The van der Waals surface area contributed by atoms with E-state index in [1.165, 1.54) is 12.3 Å². The Morgan fingerprint density at radius 3 is 2.70 bits per heavy atom. The van der Waals surface area contributed by atoms with Gasteiger partial charge in [-0.15, -0.1) is 0 Å².